The molecule has 1 saturated carbocycles. The third-order valence-corrected chi connectivity index (χ3v) is 2.59. The van der Waals surface area contributed by atoms with Crippen LogP contribution < -0.4 is 0 Å². The number of nitrogens with zero attached hydrogens (tertiary/aromatic N) is 1. The number of rotatable bonds is 3. The molecule has 0 amide bonds. The van der Waals surface area contributed by atoms with Crippen molar-refractivity contribution >= 4 is 17.3 Å². The molecule has 0 spiro atoms. The lowest BCUT2D eigenvalue weighted by Gasteiger charge is -2.03. The number of aliphatic hydroxyl groups is 1. The lowest BCUT2D eigenvalue weighted by Crippen LogP contribution is -2.22. The normalized spacial score (nSPS) is 19.1. The van der Waals surface area contributed by atoms with E-state index < -0.39 is 6.10 Å². The van der Waals surface area contributed by atoms with E-state index in [4.69, 9.17) is 0 Å². The van der Waals surface area contributed by atoms with Gasteiger partial charge in [0.2, 0.25) is 5.78 Å². The number of hydrogen-bond donors (Lipinski definition) is 1. The van der Waals surface area contributed by atoms with Crippen molar-refractivity contribution in [2.75, 3.05) is 0 Å². The molecule has 4 heteroatoms. The fourth-order valence-corrected chi connectivity index (χ4v) is 1.63. The van der Waals surface area contributed by atoms with Crippen LogP contribution in [0.5, 0.6) is 0 Å². The summed E-state index contributed by atoms with van der Waals surface area (Å²) in [6.45, 7) is 0. The fourth-order valence-electron chi connectivity index (χ4n) is 1.12. The second kappa shape index (κ2) is 2.95. The smallest absolute Gasteiger partial charge is 0.210 e. The summed E-state index contributed by atoms with van der Waals surface area (Å²) in [7, 11) is 0. The van der Waals surface area contributed by atoms with Gasteiger partial charge in [0, 0.05) is 5.38 Å². The molecule has 2 rings (SSSR count). The monoisotopic (exact) mass is 183 g/mol. The number of aliphatic hydroxyl groups excluding tert-OH is 1. The molecule has 0 aromatic carbocycles. The predicted molar refractivity (Wildman–Crippen MR) is 45.2 cm³/mol. The van der Waals surface area contributed by atoms with E-state index in [2.05, 4.69) is 4.37 Å². The van der Waals surface area contributed by atoms with Crippen LogP contribution in [-0.2, 0) is 0 Å². The van der Waals surface area contributed by atoms with E-state index >= 15 is 0 Å². The summed E-state index contributed by atoms with van der Waals surface area (Å²) in [4.78, 5) is 11.4. The maximum Gasteiger partial charge on any atom is 0.210 e. The SMILES string of the molecule is O=C(c1ccsn1)C(O)C1CC1. The lowest BCUT2D eigenvalue weighted by atomic mass is 10.1. The maximum absolute atomic E-state index is 11.4. The predicted octanol–water partition coefficient (Wildman–Crippen LogP) is 1.10. The van der Waals surface area contributed by atoms with E-state index in [1.807, 2.05) is 0 Å². The van der Waals surface area contributed by atoms with Crippen LogP contribution >= 0.6 is 11.5 Å². The molecule has 0 aliphatic heterocycles. The van der Waals surface area contributed by atoms with Gasteiger partial charge in [0.1, 0.15) is 11.8 Å². The van der Waals surface area contributed by atoms with Crippen molar-refractivity contribution in [2.45, 2.75) is 18.9 Å². The summed E-state index contributed by atoms with van der Waals surface area (Å²) >= 11 is 1.24. The molecule has 1 N–H and O–H groups in total. The van der Waals surface area contributed by atoms with Crippen LogP contribution in [0.4, 0.5) is 0 Å². The molecule has 0 saturated heterocycles. The van der Waals surface area contributed by atoms with Crippen LogP contribution in [0.3, 0.4) is 0 Å². The Balaban J connectivity index is 2.09. The minimum atomic E-state index is -0.813. The van der Waals surface area contributed by atoms with Gasteiger partial charge in [-0.25, -0.2) is 0 Å². The lowest BCUT2D eigenvalue weighted by molar-refractivity contribution is 0.0699. The quantitative estimate of drug-likeness (QED) is 0.714. The Labute approximate surface area is 74.2 Å². The molecule has 1 aliphatic rings. The van der Waals surface area contributed by atoms with Gasteiger partial charge in [0.15, 0.2) is 0 Å². The Morgan fingerprint density at radius 2 is 2.50 bits per heavy atom. The molecule has 1 aliphatic carbocycles. The Morgan fingerprint density at radius 3 is 3.00 bits per heavy atom. The number of ketones is 1. The highest BCUT2D eigenvalue weighted by molar-refractivity contribution is 7.03. The highest BCUT2D eigenvalue weighted by Crippen LogP contribution is 2.33. The van der Waals surface area contributed by atoms with Gasteiger partial charge in [-0.3, -0.25) is 4.79 Å². The zero-order valence-corrected chi connectivity index (χ0v) is 7.25. The van der Waals surface area contributed by atoms with Gasteiger partial charge in [-0.2, -0.15) is 4.37 Å². The van der Waals surface area contributed by atoms with Crippen LogP contribution in [0.2, 0.25) is 0 Å². The van der Waals surface area contributed by atoms with E-state index in [0.717, 1.165) is 12.8 Å². The molecule has 3 nitrogen and oxygen atoms in total. The van der Waals surface area contributed by atoms with E-state index in [-0.39, 0.29) is 11.7 Å². The average molecular weight is 183 g/mol. The highest BCUT2D eigenvalue weighted by Gasteiger charge is 2.35. The molecule has 1 aromatic rings. The summed E-state index contributed by atoms with van der Waals surface area (Å²) < 4.78 is 3.88. The number of carbonyl (C=O) groups excluding carboxylic acids is 1. The standard InChI is InChI=1S/C8H9NO2S/c10-7(5-1-2-5)8(11)6-3-4-12-9-6/h3-5,7,10H,1-2H2. The van der Waals surface area contributed by atoms with Crippen molar-refractivity contribution in [3.05, 3.63) is 17.1 Å². The van der Waals surface area contributed by atoms with E-state index in [1.54, 1.807) is 11.4 Å². The van der Waals surface area contributed by atoms with Crippen LogP contribution in [0, 0.1) is 5.92 Å². The van der Waals surface area contributed by atoms with E-state index in [0.29, 0.717) is 5.69 Å². The Bertz CT molecular complexity index is 279. The summed E-state index contributed by atoms with van der Waals surface area (Å²) in [6, 6.07) is 1.65. The molecule has 1 fully saturated rings. The van der Waals surface area contributed by atoms with Gasteiger partial charge in [0.25, 0.3) is 0 Å². The second-order valence-corrected chi connectivity index (χ2v) is 3.70. The molecular weight excluding hydrogens is 174 g/mol. The summed E-state index contributed by atoms with van der Waals surface area (Å²) in [5.41, 5.74) is 0.402. The van der Waals surface area contributed by atoms with Crippen molar-refractivity contribution in [2.24, 2.45) is 5.92 Å². The zero-order valence-electron chi connectivity index (χ0n) is 6.43. The average Bonchev–Trinajstić information content (AvgIpc) is 2.79. The van der Waals surface area contributed by atoms with Gasteiger partial charge in [-0.15, -0.1) is 0 Å². The van der Waals surface area contributed by atoms with Gasteiger partial charge < -0.3 is 5.11 Å². The van der Waals surface area contributed by atoms with Gasteiger partial charge in [-0.1, -0.05) is 0 Å². The highest BCUT2D eigenvalue weighted by atomic mass is 32.1. The first-order chi connectivity index (χ1) is 5.79. The van der Waals surface area contributed by atoms with Crippen LogP contribution in [-0.4, -0.2) is 21.4 Å². The minimum Gasteiger partial charge on any atom is -0.385 e. The molecular formula is C8H9NO2S. The molecule has 64 valence electrons. The Kier molecular flexibility index (Phi) is 1.94. The zero-order chi connectivity index (χ0) is 8.55. The largest absolute Gasteiger partial charge is 0.385 e. The maximum atomic E-state index is 11.4. The molecule has 12 heavy (non-hydrogen) atoms. The van der Waals surface area contributed by atoms with Gasteiger partial charge in [0.05, 0.1) is 0 Å². The Hall–Kier alpha value is -0.740. The molecule has 1 atom stereocenters. The van der Waals surface area contributed by atoms with Crippen molar-refractivity contribution < 1.29 is 9.90 Å². The fraction of sp³-hybridized carbons (Fsp3) is 0.500. The first kappa shape index (κ1) is 7.89. The van der Waals surface area contributed by atoms with Gasteiger partial charge in [-0.05, 0) is 36.4 Å². The Morgan fingerprint density at radius 1 is 1.75 bits per heavy atom. The summed E-state index contributed by atoms with van der Waals surface area (Å²) in [6.07, 6.45) is 1.13. The molecule has 0 radical (unpaired) electrons. The topological polar surface area (TPSA) is 50.2 Å². The number of Topliss-reactive ketones (excluding diaryl/α,β-unsaturated/α-hetero) is 1. The van der Waals surface area contributed by atoms with Crippen molar-refractivity contribution in [1.29, 1.82) is 0 Å². The minimum absolute atomic E-state index is 0.194. The summed E-state index contributed by atoms with van der Waals surface area (Å²) in [5.74, 6) is -0.0297. The first-order valence-electron chi connectivity index (χ1n) is 3.91. The number of aromatic nitrogens is 1. The molecule has 1 heterocycles. The summed E-state index contributed by atoms with van der Waals surface area (Å²) in [5, 5.41) is 11.2. The third-order valence-electron chi connectivity index (χ3n) is 2.03. The van der Waals surface area contributed by atoms with E-state index in [9.17, 15) is 9.90 Å². The number of hydrogen-bond acceptors (Lipinski definition) is 4. The molecule has 1 aromatic heterocycles. The molecule has 1 unspecified atom stereocenters. The van der Waals surface area contributed by atoms with Crippen molar-refractivity contribution in [3.63, 3.8) is 0 Å². The van der Waals surface area contributed by atoms with Crippen molar-refractivity contribution in [3.8, 4) is 0 Å². The van der Waals surface area contributed by atoms with Gasteiger partial charge >= 0.3 is 0 Å². The number of carbonyl (C=O) groups is 1. The molecule has 0 bridgehead atoms. The van der Waals surface area contributed by atoms with E-state index in [1.165, 1.54) is 11.5 Å². The van der Waals surface area contributed by atoms with Crippen LogP contribution in [0.25, 0.3) is 0 Å². The van der Waals surface area contributed by atoms with Crippen molar-refractivity contribution in [1.82, 2.24) is 4.37 Å². The second-order valence-electron chi connectivity index (χ2n) is 3.03. The van der Waals surface area contributed by atoms with Crippen LogP contribution in [0.15, 0.2) is 11.4 Å². The first-order valence-corrected chi connectivity index (χ1v) is 4.75. The van der Waals surface area contributed by atoms with Crippen LogP contribution in [0.1, 0.15) is 23.3 Å². The third kappa shape index (κ3) is 1.40.